The van der Waals surface area contributed by atoms with Crippen molar-refractivity contribution in [2.24, 2.45) is 0 Å². The van der Waals surface area contributed by atoms with E-state index in [1.54, 1.807) is 6.92 Å². The summed E-state index contributed by atoms with van der Waals surface area (Å²) in [6, 6.07) is 0.0612. The van der Waals surface area contributed by atoms with Gasteiger partial charge in [0, 0.05) is 11.6 Å². The normalized spacial score (nSPS) is 21.2. The van der Waals surface area contributed by atoms with Crippen LogP contribution in [-0.4, -0.2) is 61.6 Å². The first kappa shape index (κ1) is 25.1. The molecule has 2 aliphatic heterocycles. The van der Waals surface area contributed by atoms with Crippen molar-refractivity contribution in [3.63, 3.8) is 0 Å². The summed E-state index contributed by atoms with van der Waals surface area (Å²) in [5, 5.41) is 30.7. The van der Waals surface area contributed by atoms with Crippen molar-refractivity contribution in [1.29, 1.82) is 0 Å². The Kier molecular flexibility index (Phi) is 8.38. The fourth-order valence-electron chi connectivity index (χ4n) is 3.59. The Hall–Kier alpha value is -2.57. The lowest BCUT2D eigenvalue weighted by Gasteiger charge is -2.34. The van der Waals surface area contributed by atoms with Gasteiger partial charge in [0.25, 0.3) is 11.8 Å². The lowest BCUT2D eigenvalue weighted by Crippen LogP contribution is -2.56. The number of amides is 2. The van der Waals surface area contributed by atoms with Crippen LogP contribution in [0.2, 0.25) is 0 Å². The number of carbonyl (C=O) groups excluding carboxylic acids is 2. The maximum atomic E-state index is 13.0. The fourth-order valence-corrected chi connectivity index (χ4v) is 3.82. The molecule has 180 valence electrons. The summed E-state index contributed by atoms with van der Waals surface area (Å²) in [5.41, 5.74) is 0.951. The van der Waals surface area contributed by atoms with Crippen LogP contribution < -0.4 is 0 Å². The molecule has 0 bridgehead atoms. The average Bonchev–Trinajstić information content (AvgIpc) is 2.79. The van der Waals surface area contributed by atoms with Crippen molar-refractivity contribution in [3.8, 4) is 0 Å². The second-order valence-electron chi connectivity index (χ2n) is 6.76. The molecular formula is C18H21N3O11S. The standard InChI is InChI=1S/C18H21N3O11S/c1-4-19(5-2)11-6-7-12-10(3)8-14(26-13(12)9-11)15-16(22)20(27-31-29-24)18(33)21(17(15)23)28-32-30-25/h7-9,11,24-25H,4-6H2,1-3H3. The molecule has 15 heteroatoms. The van der Waals surface area contributed by atoms with Gasteiger partial charge in [-0.1, -0.05) is 29.9 Å². The number of hydroxylamine groups is 4. The largest absolute Gasteiger partial charge is 0.456 e. The van der Waals surface area contributed by atoms with Crippen LogP contribution in [0.25, 0.3) is 0 Å². The van der Waals surface area contributed by atoms with E-state index >= 15 is 0 Å². The Morgan fingerprint density at radius 3 is 2.21 bits per heavy atom. The highest BCUT2D eigenvalue weighted by molar-refractivity contribution is 7.80. The van der Waals surface area contributed by atoms with Gasteiger partial charge in [0.15, 0.2) is 5.57 Å². The Morgan fingerprint density at radius 1 is 1.12 bits per heavy atom. The topological polar surface area (TPSA) is 149 Å². The minimum Gasteiger partial charge on any atom is -0.456 e. The van der Waals surface area contributed by atoms with Crippen molar-refractivity contribution < 1.29 is 55.0 Å². The first-order valence-electron chi connectivity index (χ1n) is 9.67. The molecule has 3 rings (SSSR count). The molecule has 1 aliphatic carbocycles. The molecule has 1 fully saturated rings. The zero-order valence-electron chi connectivity index (χ0n) is 17.7. The predicted molar refractivity (Wildman–Crippen MR) is 107 cm³/mol. The van der Waals surface area contributed by atoms with E-state index in [1.807, 2.05) is 26.0 Å². The van der Waals surface area contributed by atoms with Crippen LogP contribution in [0.5, 0.6) is 0 Å². The van der Waals surface area contributed by atoms with Crippen LogP contribution in [0.1, 0.15) is 27.2 Å². The molecule has 0 aromatic rings. The first-order valence-corrected chi connectivity index (χ1v) is 10.1. The monoisotopic (exact) mass is 487 g/mol. The Labute approximate surface area is 192 Å². The molecular weight excluding hydrogens is 466 g/mol. The molecule has 14 nitrogen and oxygen atoms in total. The SMILES string of the molecule is CCN(CC)C1C=C2OC(=C3C(=O)N(OOOO)C(=S)N(OOOO)C3=O)C=C(C)C2=CC1. The molecule has 0 saturated carbocycles. The molecule has 0 aromatic heterocycles. The van der Waals surface area contributed by atoms with Gasteiger partial charge in [0.05, 0.1) is 0 Å². The van der Waals surface area contributed by atoms with Crippen LogP contribution in [0, 0.1) is 0 Å². The van der Waals surface area contributed by atoms with E-state index in [0.717, 1.165) is 30.7 Å². The number of thiocarbonyl (C=S) groups is 1. The maximum Gasteiger partial charge on any atom is 0.296 e. The molecule has 33 heavy (non-hydrogen) atoms. The summed E-state index contributed by atoms with van der Waals surface area (Å²) in [5.74, 6) is -1.95. The quantitative estimate of drug-likeness (QED) is 0.160. The zero-order valence-corrected chi connectivity index (χ0v) is 18.6. The minimum absolute atomic E-state index is 0.0612. The molecule has 0 aromatic carbocycles. The molecule has 1 atom stereocenters. The molecule has 3 aliphatic rings. The first-order chi connectivity index (χ1) is 15.9. The van der Waals surface area contributed by atoms with Crippen molar-refractivity contribution >= 4 is 29.1 Å². The van der Waals surface area contributed by atoms with Crippen LogP contribution in [0.4, 0.5) is 0 Å². The molecule has 2 heterocycles. The van der Waals surface area contributed by atoms with E-state index in [2.05, 4.69) is 35.0 Å². The second kappa shape index (κ2) is 11.0. The van der Waals surface area contributed by atoms with Gasteiger partial charge in [0.1, 0.15) is 11.5 Å². The van der Waals surface area contributed by atoms with Crippen molar-refractivity contribution in [2.45, 2.75) is 33.2 Å². The molecule has 2 N–H and O–H groups in total. The number of rotatable bonds is 9. The summed E-state index contributed by atoms with van der Waals surface area (Å²) in [6.07, 6.45) is 6.18. The Bertz CT molecular complexity index is 909. The fraction of sp³-hybridized carbons (Fsp3) is 0.389. The Morgan fingerprint density at radius 2 is 1.70 bits per heavy atom. The van der Waals surface area contributed by atoms with Gasteiger partial charge in [-0.05, 0) is 76.5 Å². The third-order valence-corrected chi connectivity index (χ3v) is 5.44. The number of carbonyl (C=O) groups is 2. The van der Waals surface area contributed by atoms with Gasteiger partial charge < -0.3 is 4.74 Å². The molecule has 1 unspecified atom stereocenters. The zero-order chi connectivity index (χ0) is 24.1. The van der Waals surface area contributed by atoms with E-state index in [1.165, 1.54) is 6.08 Å². The number of likely N-dealkylation sites (N-methyl/N-ethyl adjacent to an activating group) is 1. The van der Waals surface area contributed by atoms with Crippen LogP contribution in [0.15, 0.2) is 46.5 Å². The lowest BCUT2D eigenvalue weighted by molar-refractivity contribution is -0.661. The summed E-state index contributed by atoms with van der Waals surface area (Å²) < 4.78 is 5.93. The number of allylic oxidation sites excluding steroid dienone is 2. The lowest BCUT2D eigenvalue weighted by atomic mass is 9.92. The molecule has 2 amide bonds. The van der Waals surface area contributed by atoms with Crippen LogP contribution >= 0.6 is 12.2 Å². The predicted octanol–water partition coefficient (Wildman–Crippen LogP) is 1.63. The van der Waals surface area contributed by atoms with Crippen LogP contribution in [-0.2, 0) is 44.5 Å². The summed E-state index contributed by atoms with van der Waals surface area (Å²) in [7, 11) is 0. The number of hydrogen-bond acceptors (Lipinski definition) is 13. The van der Waals surface area contributed by atoms with E-state index in [-0.39, 0.29) is 21.9 Å². The highest BCUT2D eigenvalue weighted by Crippen LogP contribution is 2.37. The van der Waals surface area contributed by atoms with Gasteiger partial charge in [-0.3, -0.25) is 14.5 Å². The van der Waals surface area contributed by atoms with Crippen LogP contribution in [0.3, 0.4) is 0 Å². The van der Waals surface area contributed by atoms with Gasteiger partial charge >= 0.3 is 0 Å². The van der Waals surface area contributed by atoms with E-state index in [4.69, 9.17) is 27.5 Å². The van der Waals surface area contributed by atoms with E-state index in [0.29, 0.717) is 5.76 Å². The maximum absolute atomic E-state index is 13.0. The third-order valence-electron chi connectivity index (χ3n) is 5.11. The van der Waals surface area contributed by atoms with E-state index in [9.17, 15) is 9.59 Å². The molecule has 0 radical (unpaired) electrons. The van der Waals surface area contributed by atoms with Crippen molar-refractivity contribution in [1.82, 2.24) is 15.0 Å². The summed E-state index contributed by atoms with van der Waals surface area (Å²) in [6.45, 7) is 7.52. The highest BCUT2D eigenvalue weighted by atomic mass is 32.1. The second-order valence-corrected chi connectivity index (χ2v) is 7.12. The molecule has 1 saturated heterocycles. The van der Waals surface area contributed by atoms with Gasteiger partial charge in [-0.2, -0.15) is 0 Å². The smallest absolute Gasteiger partial charge is 0.296 e. The number of hydrogen-bond donors (Lipinski definition) is 2. The summed E-state index contributed by atoms with van der Waals surface area (Å²) in [4.78, 5) is 37.0. The minimum atomic E-state index is -1.13. The van der Waals surface area contributed by atoms with Gasteiger partial charge in [-0.15, -0.1) is 10.1 Å². The van der Waals surface area contributed by atoms with Crippen molar-refractivity contribution in [2.75, 3.05) is 13.1 Å². The summed E-state index contributed by atoms with van der Waals surface area (Å²) >= 11 is 4.89. The number of nitrogens with zero attached hydrogens (tertiary/aromatic N) is 3. The number of ether oxygens (including phenoxy) is 1. The van der Waals surface area contributed by atoms with Crippen molar-refractivity contribution in [3.05, 3.63) is 46.5 Å². The molecule has 0 spiro atoms. The highest BCUT2D eigenvalue weighted by Gasteiger charge is 2.46. The average molecular weight is 487 g/mol. The number of fused-ring (bicyclic) bond motifs is 1. The van der Waals surface area contributed by atoms with Gasteiger partial charge in [-0.25, -0.2) is 10.5 Å². The third kappa shape index (κ3) is 5.02. The van der Waals surface area contributed by atoms with E-state index < -0.39 is 22.5 Å². The Balaban J connectivity index is 2.04. The van der Waals surface area contributed by atoms with Gasteiger partial charge in [0.2, 0.25) is 5.11 Å².